The maximum atomic E-state index is 13.9. The van der Waals surface area contributed by atoms with Gasteiger partial charge in [0.2, 0.25) is 0 Å². The number of carbonyl (C=O) groups is 2. The lowest BCUT2D eigenvalue weighted by Gasteiger charge is -2.27. The summed E-state index contributed by atoms with van der Waals surface area (Å²) in [6.07, 6.45) is 0. The number of nitrogens with two attached hydrogens (primary N) is 1. The quantitative estimate of drug-likeness (QED) is 0.393. The largest absolute Gasteiger partial charge is 0.507 e. The van der Waals surface area contributed by atoms with E-state index < -0.39 is 34.8 Å². The minimum atomic E-state index is -1.27. The molecule has 2 heterocycles. The summed E-state index contributed by atoms with van der Waals surface area (Å²) >= 11 is 1.78. The smallest absolute Gasteiger partial charge is 0.263 e. The van der Waals surface area contributed by atoms with Crippen LogP contribution in [0.4, 0.5) is 18.8 Å². The van der Waals surface area contributed by atoms with Gasteiger partial charge in [-0.1, -0.05) is 11.3 Å². The number of nitrogens with one attached hydrogen (secondary N) is 1. The first-order valence-electron chi connectivity index (χ1n) is 8.19. The molecule has 0 atom stereocenters. The van der Waals surface area contributed by atoms with Crippen LogP contribution in [0.1, 0.15) is 20.7 Å². The highest BCUT2D eigenvalue weighted by Gasteiger charge is 2.24. The van der Waals surface area contributed by atoms with Crippen molar-refractivity contribution >= 4 is 45.3 Å². The number of nitrogens with zero attached hydrogens (tertiary/aromatic N) is 2. The second-order valence-corrected chi connectivity index (χ2v) is 7.88. The summed E-state index contributed by atoms with van der Waals surface area (Å²) in [6.45, 7) is 2.16. The number of benzene rings is 1. The highest BCUT2D eigenvalue weighted by molar-refractivity contribution is 7.98. The van der Waals surface area contributed by atoms with Gasteiger partial charge < -0.3 is 20.9 Å². The lowest BCUT2D eigenvalue weighted by molar-refractivity contribution is 0.0765. The molecule has 1 aliphatic rings. The fourth-order valence-corrected chi connectivity index (χ4v) is 4.23. The molecule has 1 saturated heterocycles. The fraction of sp³-hybridized carbons (Fsp3) is 0.250. The Labute approximate surface area is 171 Å². The highest BCUT2D eigenvalue weighted by atomic mass is 32.2. The van der Waals surface area contributed by atoms with Gasteiger partial charge in [0.05, 0.1) is 30.9 Å². The summed E-state index contributed by atoms with van der Waals surface area (Å²) in [7, 11) is 0. The number of phenols is 1. The van der Waals surface area contributed by atoms with Gasteiger partial charge in [0.1, 0.15) is 32.9 Å². The molecule has 1 aromatic carbocycles. The molecule has 13 heteroatoms. The van der Waals surface area contributed by atoms with E-state index in [2.05, 4.69) is 5.32 Å². The minimum Gasteiger partial charge on any atom is -0.507 e. The number of halogens is 2. The van der Waals surface area contributed by atoms with Crippen LogP contribution in [0.15, 0.2) is 18.2 Å². The molecule has 2 amide bonds. The molecule has 0 aliphatic carbocycles. The van der Waals surface area contributed by atoms with Crippen molar-refractivity contribution in [1.29, 1.82) is 0 Å². The topological polar surface area (TPSA) is 128 Å². The Kier molecular flexibility index (Phi) is 6.54. The number of ether oxygens (including phenoxy) is 1. The number of phenolic OH excluding ortho intramolecular Hbond substituents is 1. The zero-order valence-electron chi connectivity index (χ0n) is 14.7. The standard InChI is InChI=1S/C16H16F2N4O5S2/c17-8-5-10(18)13(11(23)6-8)15(25)20-16-9(14(19)24)7-12(28-16)22(26)29-21-1-3-27-4-2-21/h5-7,23,26H,1-4H2,(H2,19,24)(H,20,25). The van der Waals surface area contributed by atoms with Gasteiger partial charge in [0.25, 0.3) is 11.8 Å². The van der Waals surface area contributed by atoms with E-state index in [0.29, 0.717) is 38.4 Å². The van der Waals surface area contributed by atoms with E-state index in [1.165, 1.54) is 6.07 Å². The summed E-state index contributed by atoms with van der Waals surface area (Å²) in [4.78, 5) is 24.1. The minimum absolute atomic E-state index is 0.0674. The number of aromatic hydroxyl groups is 1. The van der Waals surface area contributed by atoms with E-state index in [4.69, 9.17) is 10.5 Å². The highest BCUT2D eigenvalue weighted by Crippen LogP contribution is 2.38. The third-order valence-electron chi connectivity index (χ3n) is 3.82. The third kappa shape index (κ3) is 4.94. The van der Waals surface area contributed by atoms with Crippen molar-refractivity contribution in [3.05, 3.63) is 41.0 Å². The number of thiophene rings is 1. The molecule has 1 aliphatic heterocycles. The second kappa shape index (κ2) is 8.92. The number of anilines is 2. The number of amides is 2. The average Bonchev–Trinajstić information content (AvgIpc) is 3.06. The first-order valence-corrected chi connectivity index (χ1v) is 9.73. The van der Waals surface area contributed by atoms with Gasteiger partial charge in [-0.25, -0.2) is 13.1 Å². The molecule has 1 fully saturated rings. The molecule has 0 bridgehead atoms. The van der Waals surface area contributed by atoms with E-state index in [1.807, 2.05) is 4.31 Å². The van der Waals surface area contributed by atoms with Crippen molar-refractivity contribution in [2.75, 3.05) is 36.1 Å². The third-order valence-corrected chi connectivity index (χ3v) is 5.91. The molecular weight excluding hydrogens is 430 g/mol. The predicted octanol–water partition coefficient (Wildman–Crippen LogP) is 2.17. The Hall–Kier alpha value is -2.45. The number of hydrogen-bond acceptors (Lipinski definition) is 9. The lowest BCUT2D eigenvalue weighted by atomic mass is 10.1. The van der Waals surface area contributed by atoms with Crippen molar-refractivity contribution in [2.24, 2.45) is 5.73 Å². The number of hydrogen-bond donors (Lipinski definition) is 4. The first-order chi connectivity index (χ1) is 13.8. The van der Waals surface area contributed by atoms with Crippen molar-refractivity contribution in [3.63, 3.8) is 0 Å². The first kappa shape index (κ1) is 21.3. The monoisotopic (exact) mass is 446 g/mol. The van der Waals surface area contributed by atoms with Crippen LogP contribution in [0.3, 0.4) is 0 Å². The number of carbonyl (C=O) groups excluding carboxylic acids is 2. The number of morpholine rings is 1. The maximum Gasteiger partial charge on any atom is 0.263 e. The summed E-state index contributed by atoms with van der Waals surface area (Å²) in [5, 5.41) is 22.3. The molecule has 0 unspecified atom stereocenters. The number of rotatable bonds is 6. The molecule has 0 spiro atoms. The molecule has 0 saturated carbocycles. The van der Waals surface area contributed by atoms with E-state index in [9.17, 15) is 28.7 Å². The van der Waals surface area contributed by atoms with Gasteiger partial charge in [0.15, 0.2) is 0 Å². The summed E-state index contributed by atoms with van der Waals surface area (Å²) in [5.74, 6) is -5.23. The fourth-order valence-electron chi connectivity index (χ4n) is 2.48. The van der Waals surface area contributed by atoms with E-state index in [1.54, 1.807) is 0 Å². The van der Waals surface area contributed by atoms with Crippen LogP contribution in [-0.2, 0) is 4.74 Å². The van der Waals surface area contributed by atoms with Gasteiger partial charge in [-0.2, -0.15) is 4.47 Å². The molecule has 1 aromatic heterocycles. The van der Waals surface area contributed by atoms with Gasteiger partial charge in [-0.3, -0.25) is 14.8 Å². The lowest BCUT2D eigenvalue weighted by Crippen LogP contribution is -2.33. The van der Waals surface area contributed by atoms with Crippen molar-refractivity contribution < 1.29 is 33.4 Å². The van der Waals surface area contributed by atoms with E-state index >= 15 is 0 Å². The molecular formula is C16H16F2N4O5S2. The van der Waals surface area contributed by atoms with Crippen LogP contribution in [0.2, 0.25) is 0 Å². The Morgan fingerprint density at radius 3 is 2.59 bits per heavy atom. The summed E-state index contributed by atoms with van der Waals surface area (Å²) < 4.78 is 34.9. The van der Waals surface area contributed by atoms with Gasteiger partial charge >= 0.3 is 0 Å². The Morgan fingerprint density at radius 1 is 1.28 bits per heavy atom. The zero-order valence-corrected chi connectivity index (χ0v) is 16.4. The van der Waals surface area contributed by atoms with Crippen molar-refractivity contribution in [3.8, 4) is 5.75 Å². The van der Waals surface area contributed by atoms with Crippen LogP contribution in [0, 0.1) is 11.6 Å². The average molecular weight is 446 g/mol. The second-order valence-electron chi connectivity index (χ2n) is 5.82. The van der Waals surface area contributed by atoms with Crippen LogP contribution in [0.5, 0.6) is 5.75 Å². The molecule has 9 nitrogen and oxygen atoms in total. The predicted molar refractivity (Wildman–Crippen MR) is 103 cm³/mol. The van der Waals surface area contributed by atoms with Crippen molar-refractivity contribution in [2.45, 2.75) is 0 Å². The van der Waals surface area contributed by atoms with E-state index in [-0.39, 0.29) is 15.6 Å². The maximum absolute atomic E-state index is 13.9. The van der Waals surface area contributed by atoms with Gasteiger partial charge in [0, 0.05) is 25.2 Å². The zero-order chi connectivity index (χ0) is 21.1. The van der Waals surface area contributed by atoms with Gasteiger partial charge in [-0.05, 0) is 6.07 Å². The number of primary amides is 1. The van der Waals surface area contributed by atoms with Gasteiger partial charge in [-0.15, -0.1) is 0 Å². The Bertz CT molecular complexity index is 913. The molecule has 2 aromatic rings. The molecule has 0 radical (unpaired) electrons. The van der Waals surface area contributed by atoms with Crippen molar-refractivity contribution in [1.82, 2.24) is 4.31 Å². The Balaban J connectivity index is 1.81. The van der Waals surface area contributed by atoms with Crippen LogP contribution < -0.4 is 15.5 Å². The molecule has 29 heavy (non-hydrogen) atoms. The molecule has 5 N–H and O–H groups in total. The van der Waals surface area contributed by atoms with Crippen LogP contribution in [-0.4, -0.2) is 52.7 Å². The van der Waals surface area contributed by atoms with Crippen LogP contribution >= 0.6 is 23.5 Å². The summed E-state index contributed by atoms with van der Waals surface area (Å²) in [6, 6.07) is 2.29. The SMILES string of the molecule is NC(=O)c1cc(N(O)SN2CCOCC2)sc1NC(=O)c1c(O)cc(F)cc1F. The summed E-state index contributed by atoms with van der Waals surface area (Å²) in [5.41, 5.74) is 4.40. The molecule has 156 valence electrons. The van der Waals surface area contributed by atoms with Crippen LogP contribution in [0.25, 0.3) is 0 Å². The Morgan fingerprint density at radius 2 is 1.97 bits per heavy atom. The normalized spacial score (nSPS) is 14.6. The molecule has 3 rings (SSSR count). The van der Waals surface area contributed by atoms with E-state index in [0.717, 1.165) is 27.9 Å².